The van der Waals surface area contributed by atoms with Crippen LogP contribution in [0.25, 0.3) is 0 Å². The molecule has 3 nitrogen and oxygen atoms in total. The Bertz CT molecular complexity index is 364. The number of hydrogen-bond donors (Lipinski definition) is 1. The van der Waals surface area contributed by atoms with Crippen LogP contribution in [0.3, 0.4) is 0 Å². The Morgan fingerprint density at radius 2 is 2.00 bits per heavy atom. The normalized spacial score (nSPS) is 12.8. The number of likely N-dealkylation sites (N-methyl/N-ethyl adjacent to an activating group) is 2. The molecule has 0 spiro atoms. The molecule has 0 aliphatic heterocycles. The van der Waals surface area contributed by atoms with Gasteiger partial charge in [-0.25, -0.2) is 0 Å². The topological polar surface area (TPSA) is 32.3 Å². The molecule has 0 heterocycles. The van der Waals surface area contributed by atoms with E-state index in [-0.39, 0.29) is 11.8 Å². The van der Waals surface area contributed by atoms with E-state index < -0.39 is 0 Å². The van der Waals surface area contributed by atoms with Gasteiger partial charge in [0.1, 0.15) is 0 Å². The third kappa shape index (κ3) is 4.11. The van der Waals surface area contributed by atoms with Crippen LogP contribution in [-0.2, 0) is 0 Å². The average molecular weight is 255 g/mol. The molecule has 0 saturated heterocycles. The molecule has 1 aromatic rings. The van der Waals surface area contributed by atoms with Gasteiger partial charge in [0.05, 0.1) is 6.04 Å². The molecule has 0 amide bonds. The smallest absolute Gasteiger partial charge is 0.179 e. The van der Waals surface area contributed by atoms with Crippen molar-refractivity contribution in [2.75, 3.05) is 27.2 Å². The lowest BCUT2D eigenvalue weighted by molar-refractivity contribution is 0.0870. The van der Waals surface area contributed by atoms with Crippen molar-refractivity contribution in [1.29, 1.82) is 0 Å². The van der Waals surface area contributed by atoms with Crippen molar-refractivity contribution in [3.05, 3.63) is 34.9 Å². The Kier molecular flexibility index (Phi) is 5.62. The first kappa shape index (κ1) is 14.2. The quantitative estimate of drug-likeness (QED) is 0.789. The van der Waals surface area contributed by atoms with Gasteiger partial charge in [0, 0.05) is 23.7 Å². The number of ketones is 1. The maximum absolute atomic E-state index is 12.2. The van der Waals surface area contributed by atoms with E-state index in [4.69, 9.17) is 11.6 Å². The van der Waals surface area contributed by atoms with Gasteiger partial charge >= 0.3 is 0 Å². The zero-order valence-corrected chi connectivity index (χ0v) is 11.3. The van der Waals surface area contributed by atoms with Crippen molar-refractivity contribution in [3.8, 4) is 0 Å². The van der Waals surface area contributed by atoms with E-state index in [1.165, 1.54) is 0 Å². The molecule has 0 aliphatic carbocycles. The number of benzene rings is 1. The molecule has 1 N–H and O–H groups in total. The second-order valence-electron chi connectivity index (χ2n) is 4.13. The Hall–Kier alpha value is -0.900. The maximum Gasteiger partial charge on any atom is 0.179 e. The predicted molar refractivity (Wildman–Crippen MR) is 71.8 cm³/mol. The fourth-order valence-electron chi connectivity index (χ4n) is 1.54. The SMILES string of the molecule is CNCCN(C)C(C)C(=O)c1ccc(Cl)cc1. The Labute approximate surface area is 108 Å². The van der Waals surface area contributed by atoms with Crippen molar-refractivity contribution >= 4 is 17.4 Å². The molecule has 0 fully saturated rings. The average Bonchev–Trinajstić information content (AvgIpc) is 2.35. The summed E-state index contributed by atoms with van der Waals surface area (Å²) in [6.45, 7) is 3.64. The number of carbonyl (C=O) groups is 1. The minimum atomic E-state index is -0.121. The van der Waals surface area contributed by atoms with Crippen molar-refractivity contribution in [2.45, 2.75) is 13.0 Å². The molecule has 1 atom stereocenters. The standard InChI is InChI=1S/C13H19ClN2O/c1-10(16(3)9-8-15-2)13(17)11-4-6-12(14)7-5-11/h4-7,10,15H,8-9H2,1-3H3. The van der Waals surface area contributed by atoms with E-state index in [0.717, 1.165) is 13.1 Å². The highest BCUT2D eigenvalue weighted by Crippen LogP contribution is 2.12. The molecule has 4 heteroatoms. The van der Waals surface area contributed by atoms with Crippen molar-refractivity contribution in [3.63, 3.8) is 0 Å². The van der Waals surface area contributed by atoms with Crippen molar-refractivity contribution < 1.29 is 4.79 Å². The Morgan fingerprint density at radius 3 is 2.53 bits per heavy atom. The van der Waals surface area contributed by atoms with Gasteiger partial charge in [-0.05, 0) is 45.3 Å². The molecular weight excluding hydrogens is 236 g/mol. The number of nitrogens with zero attached hydrogens (tertiary/aromatic N) is 1. The molecule has 0 bridgehead atoms. The van der Waals surface area contributed by atoms with Crippen LogP contribution in [0.5, 0.6) is 0 Å². The molecule has 0 aliphatic rings. The highest BCUT2D eigenvalue weighted by atomic mass is 35.5. The summed E-state index contributed by atoms with van der Waals surface area (Å²) < 4.78 is 0. The van der Waals surface area contributed by atoms with Crippen LogP contribution >= 0.6 is 11.6 Å². The second-order valence-corrected chi connectivity index (χ2v) is 4.57. The molecular formula is C13H19ClN2O. The summed E-state index contributed by atoms with van der Waals surface area (Å²) in [4.78, 5) is 14.2. The minimum Gasteiger partial charge on any atom is -0.318 e. The second kappa shape index (κ2) is 6.74. The number of rotatable bonds is 6. The van der Waals surface area contributed by atoms with Gasteiger partial charge in [0.25, 0.3) is 0 Å². The molecule has 1 rings (SSSR count). The summed E-state index contributed by atoms with van der Waals surface area (Å²) >= 11 is 5.80. The number of Topliss-reactive ketones (excluding diaryl/α,β-unsaturated/α-hetero) is 1. The van der Waals surface area contributed by atoms with Gasteiger partial charge in [-0.2, -0.15) is 0 Å². The summed E-state index contributed by atoms with van der Waals surface area (Å²) in [5, 5.41) is 3.72. The van der Waals surface area contributed by atoms with E-state index >= 15 is 0 Å². The summed E-state index contributed by atoms with van der Waals surface area (Å²) in [5.41, 5.74) is 0.707. The summed E-state index contributed by atoms with van der Waals surface area (Å²) in [6, 6.07) is 6.91. The Morgan fingerprint density at radius 1 is 1.41 bits per heavy atom. The van der Waals surface area contributed by atoms with Gasteiger partial charge in [-0.1, -0.05) is 11.6 Å². The molecule has 0 aromatic heterocycles. The largest absolute Gasteiger partial charge is 0.318 e. The predicted octanol–water partition coefficient (Wildman–Crippen LogP) is 2.06. The first-order valence-corrected chi connectivity index (χ1v) is 6.08. The van der Waals surface area contributed by atoms with Crippen LogP contribution in [0, 0.1) is 0 Å². The van der Waals surface area contributed by atoms with E-state index in [9.17, 15) is 4.79 Å². The zero-order valence-electron chi connectivity index (χ0n) is 10.5. The summed E-state index contributed by atoms with van der Waals surface area (Å²) in [7, 11) is 3.86. The lowest BCUT2D eigenvalue weighted by atomic mass is 10.0. The van der Waals surface area contributed by atoms with Crippen molar-refractivity contribution in [1.82, 2.24) is 10.2 Å². The number of halogens is 1. The molecule has 1 unspecified atom stereocenters. The number of carbonyl (C=O) groups excluding carboxylic acids is 1. The monoisotopic (exact) mass is 254 g/mol. The van der Waals surface area contributed by atoms with E-state index in [1.54, 1.807) is 24.3 Å². The molecule has 1 aromatic carbocycles. The lowest BCUT2D eigenvalue weighted by Crippen LogP contribution is -2.39. The van der Waals surface area contributed by atoms with Gasteiger partial charge in [0.15, 0.2) is 5.78 Å². The first-order valence-electron chi connectivity index (χ1n) is 5.71. The van der Waals surface area contributed by atoms with Crippen LogP contribution in [0.1, 0.15) is 17.3 Å². The van der Waals surface area contributed by atoms with Crippen LogP contribution < -0.4 is 5.32 Å². The summed E-state index contributed by atoms with van der Waals surface area (Å²) in [6.07, 6.45) is 0. The molecule has 0 radical (unpaired) electrons. The van der Waals surface area contributed by atoms with Gasteiger partial charge < -0.3 is 5.32 Å². The number of hydrogen-bond acceptors (Lipinski definition) is 3. The molecule has 17 heavy (non-hydrogen) atoms. The third-order valence-corrected chi connectivity index (χ3v) is 3.14. The van der Waals surface area contributed by atoms with Gasteiger partial charge in [-0.3, -0.25) is 9.69 Å². The Balaban J connectivity index is 2.65. The van der Waals surface area contributed by atoms with E-state index in [1.807, 2.05) is 25.9 Å². The zero-order chi connectivity index (χ0) is 12.8. The minimum absolute atomic E-state index is 0.121. The van der Waals surface area contributed by atoms with E-state index in [2.05, 4.69) is 5.32 Å². The third-order valence-electron chi connectivity index (χ3n) is 2.88. The fourth-order valence-corrected chi connectivity index (χ4v) is 1.66. The molecule has 94 valence electrons. The highest BCUT2D eigenvalue weighted by molar-refractivity contribution is 6.30. The number of nitrogens with one attached hydrogen (secondary N) is 1. The lowest BCUT2D eigenvalue weighted by Gasteiger charge is -2.23. The first-order chi connectivity index (χ1) is 8.06. The van der Waals surface area contributed by atoms with Crippen LogP contribution in [0.2, 0.25) is 5.02 Å². The van der Waals surface area contributed by atoms with Gasteiger partial charge in [0.2, 0.25) is 0 Å². The van der Waals surface area contributed by atoms with Crippen LogP contribution in [0.4, 0.5) is 0 Å². The maximum atomic E-state index is 12.2. The molecule has 0 saturated carbocycles. The fraction of sp³-hybridized carbons (Fsp3) is 0.462. The van der Waals surface area contributed by atoms with Crippen LogP contribution in [-0.4, -0.2) is 43.9 Å². The summed E-state index contributed by atoms with van der Waals surface area (Å²) in [5.74, 6) is 0.125. The van der Waals surface area contributed by atoms with Crippen molar-refractivity contribution in [2.24, 2.45) is 0 Å². The highest BCUT2D eigenvalue weighted by Gasteiger charge is 2.18. The van der Waals surface area contributed by atoms with Crippen LogP contribution in [0.15, 0.2) is 24.3 Å². The van der Waals surface area contributed by atoms with E-state index in [0.29, 0.717) is 10.6 Å². The van der Waals surface area contributed by atoms with Gasteiger partial charge in [-0.15, -0.1) is 0 Å².